The second-order valence-electron chi connectivity index (χ2n) is 23.0. The Kier molecular flexibility index (Phi) is 30.7. The molecule has 1 atom stereocenters. The summed E-state index contributed by atoms with van der Waals surface area (Å²) in [6.45, 7) is 14.9. The van der Waals surface area contributed by atoms with Crippen LogP contribution in [0.1, 0.15) is 180 Å². The SMILES string of the molecule is CCCCc1ccc(/C(F)=C(\F)c2ccc(F)cc2)cc1.CCCOc1ccc(/C(F)=C(\F)c2ccc(CCC)cc2)cc1.CCCc1ccc(-c2ccc(C3=CCC(CCC)CC3)c(F)c2F)cc1.CCCc1ccc(/C(F)=C(\F)c2ccc(OCC)c(F)c2F)cc1. The third kappa shape index (κ3) is 21.5. The van der Waals surface area contributed by atoms with Crippen molar-refractivity contribution < 1.29 is 57.8 Å². The minimum absolute atomic E-state index is 0.0268. The van der Waals surface area contributed by atoms with E-state index in [0.717, 1.165) is 136 Å². The van der Waals surface area contributed by atoms with Gasteiger partial charge in [-0.05, 0) is 165 Å². The van der Waals surface area contributed by atoms with Crippen LogP contribution in [0, 0.1) is 35.0 Å². The van der Waals surface area contributed by atoms with Crippen molar-refractivity contribution >= 4 is 40.5 Å². The Morgan fingerprint density at radius 3 is 1.23 bits per heavy atom. The summed E-state index contributed by atoms with van der Waals surface area (Å²) < 4.78 is 166. The van der Waals surface area contributed by atoms with E-state index in [1.807, 2.05) is 62.4 Å². The molecule has 1 unspecified atom stereocenters. The molecule has 0 amide bonds. The molecule has 0 radical (unpaired) electrons. The molecule has 0 saturated heterocycles. The molecule has 0 heterocycles. The van der Waals surface area contributed by atoms with Crippen LogP contribution in [0.3, 0.4) is 0 Å². The maximum atomic E-state index is 14.8. The van der Waals surface area contributed by atoms with E-state index < -0.39 is 69.6 Å². The molecule has 0 N–H and O–H groups in total. The monoisotopic (exact) mass is 1300 g/mol. The fourth-order valence-electron chi connectivity index (χ4n) is 10.6. The van der Waals surface area contributed by atoms with Crippen LogP contribution in [0.25, 0.3) is 51.7 Å². The van der Waals surface area contributed by atoms with Crippen LogP contribution in [-0.4, -0.2) is 13.2 Å². The van der Waals surface area contributed by atoms with Gasteiger partial charge >= 0.3 is 0 Å². The van der Waals surface area contributed by atoms with E-state index in [9.17, 15) is 48.3 Å². The van der Waals surface area contributed by atoms with Gasteiger partial charge in [-0.1, -0.05) is 195 Å². The van der Waals surface area contributed by atoms with Crippen LogP contribution in [0.15, 0.2) is 176 Å². The number of unbranched alkanes of at least 4 members (excludes halogenated alkanes) is 1. The van der Waals surface area contributed by atoms with Gasteiger partial charge in [-0.3, -0.25) is 0 Å². The fourth-order valence-corrected chi connectivity index (χ4v) is 10.6. The number of ether oxygens (including phenoxy) is 2. The van der Waals surface area contributed by atoms with Gasteiger partial charge < -0.3 is 9.47 Å². The highest BCUT2D eigenvalue weighted by Gasteiger charge is 2.23. The van der Waals surface area contributed by atoms with Gasteiger partial charge in [0.05, 0.1) is 18.8 Å². The lowest BCUT2D eigenvalue weighted by Gasteiger charge is -2.22. The normalized spacial score (nSPS) is 13.5. The van der Waals surface area contributed by atoms with E-state index in [1.165, 1.54) is 54.8 Å². The summed E-state index contributed by atoms with van der Waals surface area (Å²) >= 11 is 0. The van der Waals surface area contributed by atoms with Crippen molar-refractivity contribution in [1.82, 2.24) is 0 Å². The second-order valence-corrected chi connectivity index (χ2v) is 23.0. The summed E-state index contributed by atoms with van der Waals surface area (Å²) in [4.78, 5) is 0. The average Bonchev–Trinajstić information content (AvgIpc) is 0.824. The van der Waals surface area contributed by atoms with Crippen LogP contribution in [-0.2, 0) is 25.7 Å². The van der Waals surface area contributed by atoms with E-state index >= 15 is 0 Å². The van der Waals surface area contributed by atoms with E-state index in [4.69, 9.17) is 9.47 Å². The quantitative estimate of drug-likeness (QED) is 0.0443. The third-order valence-electron chi connectivity index (χ3n) is 15.8. The summed E-state index contributed by atoms with van der Waals surface area (Å²) in [7, 11) is 0. The van der Waals surface area contributed by atoms with Crippen molar-refractivity contribution in [3.63, 3.8) is 0 Å². The van der Waals surface area contributed by atoms with Crippen LogP contribution < -0.4 is 9.47 Å². The molecular formula is C81H85F11O2. The number of halogens is 11. The van der Waals surface area contributed by atoms with Gasteiger partial charge in [0.1, 0.15) is 11.6 Å². The first-order valence-corrected chi connectivity index (χ1v) is 32.7. The summed E-state index contributed by atoms with van der Waals surface area (Å²) in [6.07, 6.45) is 17.2. The molecule has 0 aliphatic heterocycles. The Bertz CT molecular complexity index is 3760. The van der Waals surface area contributed by atoms with Crippen molar-refractivity contribution in [2.75, 3.05) is 13.2 Å². The molecule has 0 bridgehead atoms. The van der Waals surface area contributed by atoms with Gasteiger partial charge in [0.25, 0.3) is 0 Å². The number of hydrogen-bond acceptors (Lipinski definition) is 2. The van der Waals surface area contributed by atoms with Gasteiger partial charge in [-0.15, -0.1) is 0 Å². The number of allylic oxidation sites excluding steroid dienone is 2. The van der Waals surface area contributed by atoms with Crippen LogP contribution in [0.5, 0.6) is 11.5 Å². The number of hydrogen-bond donors (Lipinski definition) is 0. The highest BCUT2D eigenvalue weighted by Crippen LogP contribution is 2.38. The van der Waals surface area contributed by atoms with E-state index in [0.29, 0.717) is 29.4 Å². The summed E-state index contributed by atoms with van der Waals surface area (Å²) in [5.41, 5.74) is 6.81. The molecular weight excluding hydrogens is 1210 g/mol. The molecule has 8 aromatic carbocycles. The molecule has 94 heavy (non-hydrogen) atoms. The first-order valence-electron chi connectivity index (χ1n) is 32.7. The lowest BCUT2D eigenvalue weighted by atomic mass is 9.84. The first kappa shape index (κ1) is 74.6. The van der Waals surface area contributed by atoms with Crippen LogP contribution >= 0.6 is 0 Å². The van der Waals surface area contributed by atoms with E-state index in [1.54, 1.807) is 67.6 Å². The smallest absolute Gasteiger partial charge is 0.201 e. The Morgan fingerprint density at radius 2 is 0.809 bits per heavy atom. The molecule has 1 aliphatic carbocycles. The summed E-state index contributed by atoms with van der Waals surface area (Å²) in [6, 6.07) is 44.2. The highest BCUT2D eigenvalue weighted by atomic mass is 19.2. The van der Waals surface area contributed by atoms with Gasteiger partial charge in [-0.2, -0.15) is 4.39 Å². The number of aryl methyl sites for hydroxylation is 4. The molecule has 0 aromatic heterocycles. The zero-order valence-electron chi connectivity index (χ0n) is 54.8. The Balaban J connectivity index is 0.000000199. The Morgan fingerprint density at radius 1 is 0.383 bits per heavy atom. The Labute approximate surface area is 548 Å². The molecule has 498 valence electrons. The molecule has 1 aliphatic rings. The van der Waals surface area contributed by atoms with Gasteiger partial charge in [0, 0.05) is 38.9 Å². The number of benzene rings is 8. The fraction of sp³-hybridized carbons (Fsp3) is 0.309. The highest BCUT2D eigenvalue weighted by molar-refractivity contribution is 5.85. The largest absolute Gasteiger partial charge is 0.494 e. The second kappa shape index (κ2) is 38.7. The van der Waals surface area contributed by atoms with Crippen LogP contribution in [0.4, 0.5) is 48.3 Å². The zero-order valence-corrected chi connectivity index (χ0v) is 54.8. The molecule has 13 heteroatoms. The standard InChI is InChI=1S/C24H28F2.C20H22F2O.C19H18F4O.C18H17F3/c1-3-5-17-7-11-19(12-8-17)21-15-16-22(24(26)23(21)25)20-13-9-18(6-4-2)10-14-20;1-3-5-15-6-8-16(9-7-15)19(21)20(22)17-10-12-18(13-11-17)23-14-4-2;1-3-5-12-6-8-13(9-7-12)16(20)17(21)14-10-11-15(24-4-2)19(23)18(14)22;1-2-3-4-13-5-7-14(8-6-13)17(20)18(21)15-9-11-16(19)12-10-15/h7-8,11-13,15-16,18H,3-6,9-10,14H2,1-2H3;6-13H,3-5,14H2,1-2H3;6-11H,3-5H2,1-2H3;5-12H,2-4H2,1H3/b;20-19+;17-16+;18-17+. The van der Waals surface area contributed by atoms with Crippen molar-refractivity contribution in [2.24, 2.45) is 5.92 Å². The van der Waals surface area contributed by atoms with Crippen molar-refractivity contribution in [2.45, 2.75) is 145 Å². The Hall–Kier alpha value is -8.45. The topological polar surface area (TPSA) is 18.5 Å². The zero-order chi connectivity index (χ0) is 68.1. The van der Waals surface area contributed by atoms with Gasteiger partial charge in [0.15, 0.2) is 58.2 Å². The minimum Gasteiger partial charge on any atom is -0.494 e. The van der Waals surface area contributed by atoms with Gasteiger partial charge in [0.2, 0.25) is 5.82 Å². The maximum Gasteiger partial charge on any atom is 0.201 e. The number of rotatable bonds is 24. The molecule has 8 aromatic rings. The molecule has 0 fully saturated rings. The predicted octanol–water partition coefficient (Wildman–Crippen LogP) is 25.8. The van der Waals surface area contributed by atoms with E-state index in [2.05, 4.69) is 33.8 Å². The van der Waals surface area contributed by atoms with Crippen molar-refractivity contribution in [3.05, 3.63) is 266 Å². The predicted molar refractivity (Wildman–Crippen MR) is 365 cm³/mol. The van der Waals surface area contributed by atoms with Crippen molar-refractivity contribution in [3.8, 4) is 22.6 Å². The molecule has 0 spiro atoms. The van der Waals surface area contributed by atoms with E-state index in [-0.39, 0.29) is 40.2 Å². The lowest BCUT2D eigenvalue weighted by Crippen LogP contribution is -2.06. The summed E-state index contributed by atoms with van der Waals surface area (Å²) in [5.74, 6) is -9.99. The minimum atomic E-state index is -1.48. The maximum absolute atomic E-state index is 14.8. The molecule has 0 saturated carbocycles. The van der Waals surface area contributed by atoms with Crippen LogP contribution in [0.2, 0.25) is 0 Å². The summed E-state index contributed by atoms with van der Waals surface area (Å²) in [5, 5.41) is 0. The molecule has 9 rings (SSSR count). The molecule has 2 nitrogen and oxygen atoms in total. The van der Waals surface area contributed by atoms with Crippen molar-refractivity contribution in [1.29, 1.82) is 0 Å². The lowest BCUT2D eigenvalue weighted by molar-refractivity contribution is 0.313. The first-order chi connectivity index (χ1) is 45.4. The third-order valence-corrected chi connectivity index (χ3v) is 15.8. The van der Waals surface area contributed by atoms with Gasteiger partial charge in [-0.25, -0.2) is 43.9 Å². The average molecular weight is 1300 g/mol.